The van der Waals surface area contributed by atoms with Crippen molar-refractivity contribution in [3.63, 3.8) is 0 Å². The molecule has 8 aromatic carbocycles. The van der Waals surface area contributed by atoms with Crippen LogP contribution in [0.3, 0.4) is 0 Å². The van der Waals surface area contributed by atoms with Crippen molar-refractivity contribution in [1.29, 1.82) is 0 Å². The second-order valence-electron chi connectivity index (χ2n) is 18.2. The largest absolute Gasteiger partial charge is 0.530 e. The van der Waals surface area contributed by atoms with Gasteiger partial charge in [-0.1, -0.05) is 121 Å². The zero-order chi connectivity index (χ0) is 53.7. The fourth-order valence-electron chi connectivity index (χ4n) is 9.63. The highest BCUT2D eigenvalue weighted by molar-refractivity contribution is 7.43. The number of fused-ring (bicyclic) bond motifs is 2. The molecule has 0 atom stereocenters. The fraction of sp³-hybridized carbons (Fsp3) is 0.233. The lowest BCUT2D eigenvalue weighted by Gasteiger charge is -2.27. The van der Waals surface area contributed by atoms with Crippen molar-refractivity contribution >= 4 is 50.5 Å². The number of hydrogen-bond donors (Lipinski definition) is 0. The van der Waals surface area contributed by atoms with E-state index in [2.05, 4.69) is 0 Å². The molecule has 0 aromatic heterocycles. The number of para-hydroxylation sites is 4. The maximum Gasteiger partial charge on any atom is 0.530 e. The van der Waals surface area contributed by atoms with Crippen LogP contribution in [0.1, 0.15) is 75.1 Å². The Hall–Kier alpha value is -7.24. The van der Waals surface area contributed by atoms with Gasteiger partial charge < -0.3 is 69.8 Å². The summed E-state index contributed by atoms with van der Waals surface area (Å²) in [6, 6.07) is 47.4. The van der Waals surface area contributed by atoms with Gasteiger partial charge in [0.1, 0.15) is 34.3 Å². The lowest BCUT2D eigenvalue weighted by molar-refractivity contribution is -0.0456. The van der Waals surface area contributed by atoms with Gasteiger partial charge in [0.2, 0.25) is 0 Å². The van der Waals surface area contributed by atoms with Gasteiger partial charge in [0.25, 0.3) is 0 Å². The summed E-state index contributed by atoms with van der Waals surface area (Å²) in [7, 11) is -4.01. The average Bonchev–Trinajstić information content (AvgIpc) is 4.52. The van der Waals surface area contributed by atoms with E-state index in [1.54, 1.807) is 48.5 Å². The van der Waals surface area contributed by atoms with Crippen LogP contribution in [0.2, 0.25) is 0 Å². The van der Waals surface area contributed by atoms with Crippen LogP contribution in [0.15, 0.2) is 158 Å². The van der Waals surface area contributed by atoms with Crippen molar-refractivity contribution < 1.29 is 79.4 Å². The third-order valence-electron chi connectivity index (χ3n) is 13.2. The van der Waals surface area contributed by atoms with Crippen LogP contribution in [0.5, 0.6) is 34.5 Å². The Morgan fingerprint density at radius 3 is 1.01 bits per heavy atom. The van der Waals surface area contributed by atoms with Crippen LogP contribution in [0, 0.1) is 0 Å². The quantitative estimate of drug-likeness (QED) is 0.0425. The van der Waals surface area contributed by atoms with E-state index in [4.69, 9.17) is 69.8 Å². The molecule has 12 rings (SSSR count). The minimum absolute atomic E-state index is 0.00334. The lowest BCUT2D eigenvalue weighted by atomic mass is 9.88. The molecule has 0 N–H and O–H groups in total. The van der Waals surface area contributed by atoms with Gasteiger partial charge in [-0.2, -0.15) is 0 Å². The highest BCUT2D eigenvalue weighted by Crippen LogP contribution is 2.57. The first-order chi connectivity index (χ1) is 38.9. The first-order valence-corrected chi connectivity index (χ1v) is 27.8. The zero-order valence-corrected chi connectivity index (χ0v) is 44.6. The molecule has 0 radical (unpaired) electrons. The Morgan fingerprint density at radius 2 is 0.684 bits per heavy atom. The maximum absolute atomic E-state index is 14.6. The molecule has 19 heteroatoms. The second-order valence-corrected chi connectivity index (χ2v) is 20.2. The Bertz CT molecular complexity index is 3380. The monoisotopic (exact) mass is 1110 g/mol. The Balaban J connectivity index is 1.08. The van der Waals surface area contributed by atoms with E-state index in [-0.39, 0.29) is 28.4 Å². The number of Topliss-reactive ketones (excluding diaryl/α,β-unsaturated/α-hetero) is 1. The maximum atomic E-state index is 14.6. The van der Waals surface area contributed by atoms with Gasteiger partial charge in [-0.25, -0.2) is 4.79 Å². The molecule has 0 aliphatic carbocycles. The van der Waals surface area contributed by atoms with Gasteiger partial charge in [0.15, 0.2) is 36.7 Å². The molecule has 0 bridgehead atoms. The Kier molecular flexibility index (Phi) is 15.9. The van der Waals surface area contributed by atoms with E-state index in [9.17, 15) is 9.59 Å². The number of carbonyl (C=O) groups is 2. The summed E-state index contributed by atoms with van der Waals surface area (Å²) in [5.41, 5.74) is 3.13. The van der Waals surface area contributed by atoms with Gasteiger partial charge >= 0.3 is 23.2 Å². The van der Waals surface area contributed by atoms with Gasteiger partial charge in [-0.3, -0.25) is 4.79 Å². The van der Waals surface area contributed by atoms with Crippen molar-refractivity contribution in [1.82, 2.24) is 0 Å². The summed E-state index contributed by atoms with van der Waals surface area (Å²) >= 11 is 0. The van der Waals surface area contributed by atoms with Crippen molar-refractivity contribution in [2.75, 3.05) is 60.0 Å². The summed E-state index contributed by atoms with van der Waals surface area (Å²) < 4.78 is 95.5. The molecule has 4 fully saturated rings. The third kappa shape index (κ3) is 11.2. The Labute approximate surface area is 456 Å². The van der Waals surface area contributed by atoms with Crippen LogP contribution in [0.25, 0.3) is 32.7 Å². The van der Waals surface area contributed by atoms with E-state index >= 15 is 0 Å². The summed E-state index contributed by atoms with van der Waals surface area (Å²) in [6.07, 6.45) is -2.99. The van der Waals surface area contributed by atoms with Crippen molar-refractivity contribution in [3.05, 3.63) is 191 Å². The predicted molar refractivity (Wildman–Crippen MR) is 290 cm³/mol. The second kappa shape index (κ2) is 24.0. The molecular weight excluding hydrogens is 1050 g/mol. The van der Waals surface area contributed by atoms with Gasteiger partial charge in [-0.05, 0) is 64.9 Å². The molecule has 4 aliphatic heterocycles. The number of rotatable bonds is 19. The number of benzene rings is 8. The molecule has 17 nitrogen and oxygen atoms in total. The molecule has 404 valence electrons. The van der Waals surface area contributed by atoms with E-state index in [0.717, 1.165) is 0 Å². The minimum atomic E-state index is -2.66. The Morgan fingerprint density at radius 1 is 0.392 bits per heavy atom. The molecule has 79 heavy (non-hydrogen) atoms. The van der Waals surface area contributed by atoms with Crippen molar-refractivity contribution in [2.45, 2.75) is 32.1 Å². The third-order valence-corrected chi connectivity index (χ3v) is 15.3. The normalized spacial score (nSPS) is 16.3. The van der Waals surface area contributed by atoms with Gasteiger partial charge in [-0.15, -0.1) is 0 Å². The number of ketones is 1. The van der Waals surface area contributed by atoms with Crippen molar-refractivity contribution in [2.24, 2.45) is 0 Å². The van der Waals surface area contributed by atoms with Crippen LogP contribution >= 0.6 is 17.2 Å². The van der Waals surface area contributed by atoms with Crippen LogP contribution in [0.4, 0.5) is 0 Å². The minimum Gasteiger partial charge on any atom is -0.465 e. The van der Waals surface area contributed by atoms with E-state index in [0.29, 0.717) is 131 Å². The summed E-state index contributed by atoms with van der Waals surface area (Å²) in [5.74, 6) is 0.222. The first-order valence-electron chi connectivity index (χ1n) is 25.6. The molecule has 0 saturated carbocycles. The molecule has 4 aliphatic rings. The summed E-state index contributed by atoms with van der Waals surface area (Å²) in [5, 5.41) is 2.47. The molecule has 4 heterocycles. The van der Waals surface area contributed by atoms with Gasteiger partial charge in [0, 0.05) is 11.1 Å². The molecule has 0 unspecified atom stereocenters. The van der Waals surface area contributed by atoms with Crippen LogP contribution in [-0.2, 0) is 42.6 Å². The SMILES string of the molecule is COC(=O)c1cc2ccccc2c(-c2c(OP(Oc3ccccc3C3OCCO3)Oc3ccccc3C3OCCO3)c(C(C)=O)cc3ccccc23)c1OP(Oc1ccccc1C1OCCO1)Oc1ccccc1C1OCCO1. The number of ether oxygens (including phenoxy) is 9. The molecule has 8 aromatic rings. The number of esters is 1. The summed E-state index contributed by atoms with van der Waals surface area (Å²) in [4.78, 5) is 29.1. The highest BCUT2D eigenvalue weighted by atomic mass is 31.2. The van der Waals surface area contributed by atoms with Crippen molar-refractivity contribution in [3.8, 4) is 45.6 Å². The van der Waals surface area contributed by atoms with E-state index in [1.165, 1.54) is 14.0 Å². The highest BCUT2D eigenvalue weighted by Gasteiger charge is 2.37. The predicted octanol–water partition coefficient (Wildman–Crippen LogP) is 13.4. The molecular formula is C60H52O17P2. The molecule has 4 saturated heterocycles. The standard InChI is InChI=1S/C60H52O17P2/c1-37(61)46-35-38-15-3-5-17-40(38)52(54(46)76-78(72-48-23-11-7-19-42(48)57-64-27-28-65-57)73-49-24-12-8-20-43(49)58-66-29-30-67-58)53-41-18-6-4-16-39(41)36-47(56(62)63-2)55(53)77-79(74-50-25-13-9-21-44(50)59-68-31-32-69-59)75-51-26-14-10-22-45(51)60-70-33-34-71-60/h3-26,35-36,57-60H,27-34H2,1-2H3. The molecule has 0 amide bonds. The zero-order valence-electron chi connectivity index (χ0n) is 42.8. The number of methoxy groups -OCH3 is 1. The lowest BCUT2D eigenvalue weighted by Crippen LogP contribution is -2.12. The van der Waals surface area contributed by atoms with Crippen LogP contribution < -0.4 is 27.1 Å². The number of carbonyl (C=O) groups excluding carboxylic acids is 2. The van der Waals surface area contributed by atoms with E-state index < -0.39 is 48.3 Å². The van der Waals surface area contributed by atoms with Crippen LogP contribution in [-0.4, -0.2) is 71.7 Å². The topological polar surface area (TPSA) is 173 Å². The first kappa shape index (κ1) is 52.5. The summed E-state index contributed by atoms with van der Waals surface area (Å²) in [6.45, 7) is 4.47. The average molecular weight is 1110 g/mol. The molecule has 0 spiro atoms. The smallest absolute Gasteiger partial charge is 0.465 e. The fourth-order valence-corrected chi connectivity index (χ4v) is 11.8. The number of hydrogen-bond acceptors (Lipinski definition) is 17. The van der Waals surface area contributed by atoms with Gasteiger partial charge in [0.05, 0.1) is 87.8 Å². The van der Waals surface area contributed by atoms with E-state index in [1.807, 2.05) is 109 Å².